The first-order chi connectivity index (χ1) is 13.0. The molecule has 1 N–H and O–H groups in total. The second kappa shape index (κ2) is 10.2. The fraction of sp³-hybridized carbons (Fsp3) is 0.217. The van der Waals surface area contributed by atoms with Gasteiger partial charge in [0.05, 0.1) is 6.42 Å². The van der Waals surface area contributed by atoms with E-state index in [0.29, 0.717) is 11.1 Å². The van der Waals surface area contributed by atoms with E-state index in [1.165, 1.54) is 17.7 Å². The molecule has 3 nitrogen and oxygen atoms in total. The number of carbonyl (C=O) groups excluding carboxylic acids is 1. The third kappa shape index (κ3) is 5.23. The van der Waals surface area contributed by atoms with Gasteiger partial charge in [-0.3, -0.25) is 4.79 Å². The quantitative estimate of drug-likeness (QED) is 0.747. The molecule has 0 radical (unpaired) electrons. The van der Waals surface area contributed by atoms with Gasteiger partial charge in [0.2, 0.25) is 0 Å². The molecule has 3 rings (SSSR count). The van der Waals surface area contributed by atoms with Crippen LogP contribution in [0.3, 0.4) is 0 Å². The van der Waals surface area contributed by atoms with Gasteiger partial charge in [0.15, 0.2) is 0 Å². The Bertz CT molecular complexity index is 862. The van der Waals surface area contributed by atoms with E-state index < -0.39 is 5.97 Å². The van der Waals surface area contributed by atoms with Crippen molar-refractivity contribution in [3.63, 3.8) is 0 Å². The molecular weight excluding hydrogens is 343 g/mol. The van der Waals surface area contributed by atoms with Crippen molar-refractivity contribution in [1.29, 1.82) is 0 Å². The molecule has 27 heavy (non-hydrogen) atoms. The summed E-state index contributed by atoms with van der Waals surface area (Å²) in [5.74, 6) is -1.26. The smallest absolute Gasteiger partial charge is 0.307 e. The monoisotopic (exact) mass is 368 g/mol. The van der Waals surface area contributed by atoms with Crippen molar-refractivity contribution in [2.45, 2.75) is 34.1 Å². The van der Waals surface area contributed by atoms with Gasteiger partial charge in [-0.1, -0.05) is 49.7 Å². The van der Waals surface area contributed by atoms with Gasteiger partial charge in [-0.25, -0.2) is 4.39 Å². The highest BCUT2D eigenvalue weighted by Crippen LogP contribution is 2.43. The summed E-state index contributed by atoms with van der Waals surface area (Å²) in [6.07, 6.45) is 1.92. The second-order valence-electron chi connectivity index (χ2n) is 5.83. The average molecular weight is 368 g/mol. The van der Waals surface area contributed by atoms with Crippen LogP contribution in [0.4, 0.5) is 4.39 Å². The van der Waals surface area contributed by atoms with E-state index in [-0.39, 0.29) is 12.2 Å². The van der Waals surface area contributed by atoms with Gasteiger partial charge < -0.3 is 9.90 Å². The summed E-state index contributed by atoms with van der Waals surface area (Å²) in [5.41, 5.74) is 6.33. The fourth-order valence-electron chi connectivity index (χ4n) is 2.96. The molecular formula is C23H25FO3. The summed E-state index contributed by atoms with van der Waals surface area (Å²) >= 11 is 0. The average Bonchev–Trinajstić information content (AvgIpc) is 2.91. The van der Waals surface area contributed by atoms with Gasteiger partial charge in [-0.05, 0) is 65.5 Å². The lowest BCUT2D eigenvalue weighted by Crippen LogP contribution is -1.97. The lowest BCUT2D eigenvalue weighted by Gasteiger charge is -2.05. The molecule has 0 spiro atoms. The second-order valence-corrected chi connectivity index (χ2v) is 5.83. The number of aryl methyl sites for hydroxylation is 1. The van der Waals surface area contributed by atoms with Crippen LogP contribution in [0.5, 0.6) is 0 Å². The van der Waals surface area contributed by atoms with Crippen molar-refractivity contribution in [2.24, 2.45) is 0 Å². The van der Waals surface area contributed by atoms with E-state index >= 15 is 0 Å². The molecule has 0 atom stereocenters. The zero-order valence-corrected chi connectivity index (χ0v) is 16.2. The number of fused-ring (bicyclic) bond motifs is 1. The first-order valence-corrected chi connectivity index (χ1v) is 8.75. The molecule has 0 unspecified atom stereocenters. The van der Waals surface area contributed by atoms with Crippen LogP contribution in [-0.2, 0) is 9.59 Å². The highest BCUT2D eigenvalue weighted by molar-refractivity contribution is 6.07. The number of carboxylic acids is 1. The van der Waals surface area contributed by atoms with Crippen molar-refractivity contribution in [3.05, 3.63) is 76.1 Å². The van der Waals surface area contributed by atoms with Crippen molar-refractivity contribution in [3.8, 4) is 0 Å². The van der Waals surface area contributed by atoms with Crippen LogP contribution < -0.4 is 0 Å². The fourth-order valence-corrected chi connectivity index (χ4v) is 2.96. The van der Waals surface area contributed by atoms with Crippen LogP contribution in [0.25, 0.3) is 17.2 Å². The molecule has 0 aliphatic heterocycles. The molecule has 0 heterocycles. The topological polar surface area (TPSA) is 54.4 Å². The van der Waals surface area contributed by atoms with Crippen LogP contribution in [-0.4, -0.2) is 17.9 Å². The maximum Gasteiger partial charge on any atom is 0.307 e. The maximum atomic E-state index is 13.6. The number of halogens is 1. The predicted octanol–water partition coefficient (Wildman–Crippen LogP) is 5.78. The maximum absolute atomic E-state index is 13.6. The Morgan fingerprint density at radius 1 is 1.04 bits per heavy atom. The van der Waals surface area contributed by atoms with E-state index in [4.69, 9.17) is 9.90 Å². The van der Waals surface area contributed by atoms with E-state index in [0.717, 1.165) is 22.3 Å². The molecule has 4 heteroatoms. The van der Waals surface area contributed by atoms with Gasteiger partial charge in [0.25, 0.3) is 0 Å². The number of aliphatic carboxylic acids is 1. The minimum Gasteiger partial charge on any atom is -0.481 e. The molecule has 0 bridgehead atoms. The lowest BCUT2D eigenvalue weighted by atomic mass is 10.00. The summed E-state index contributed by atoms with van der Waals surface area (Å²) in [6, 6.07) is 12.7. The number of hydrogen-bond acceptors (Lipinski definition) is 2. The van der Waals surface area contributed by atoms with Gasteiger partial charge in [0.1, 0.15) is 12.6 Å². The van der Waals surface area contributed by atoms with E-state index in [9.17, 15) is 9.18 Å². The highest BCUT2D eigenvalue weighted by Gasteiger charge is 2.25. The summed E-state index contributed by atoms with van der Waals surface area (Å²) in [4.78, 5) is 19.2. The first kappa shape index (κ1) is 22.0. The summed E-state index contributed by atoms with van der Waals surface area (Å²) in [7, 11) is 0. The number of allylic oxidation sites excluding steroid dienone is 2. The van der Waals surface area contributed by atoms with Gasteiger partial charge >= 0.3 is 5.97 Å². The van der Waals surface area contributed by atoms with Crippen molar-refractivity contribution >= 4 is 30.0 Å². The SMILES string of the molecule is C=O.CC.CC1=C(CC(=O)O)c2cc(F)ccc2/C1=C\c1ccc(C)cc1. The zero-order chi connectivity index (χ0) is 20.6. The van der Waals surface area contributed by atoms with Crippen molar-refractivity contribution in [1.82, 2.24) is 0 Å². The molecule has 0 amide bonds. The van der Waals surface area contributed by atoms with Crippen LogP contribution >= 0.6 is 0 Å². The molecule has 0 saturated carbocycles. The number of carbonyl (C=O) groups is 2. The Balaban J connectivity index is 0.000000855. The molecule has 1 aliphatic carbocycles. The summed E-state index contributed by atoms with van der Waals surface area (Å²) < 4.78 is 13.6. The minimum absolute atomic E-state index is 0.104. The third-order valence-electron chi connectivity index (χ3n) is 4.17. The Morgan fingerprint density at radius 3 is 2.19 bits per heavy atom. The molecule has 142 valence electrons. The minimum atomic E-state index is -0.911. The number of carboxylic acid groups (broad SMARTS) is 1. The Hall–Kier alpha value is -3.01. The molecule has 2 aromatic carbocycles. The normalized spacial score (nSPS) is 13.3. The standard InChI is InChI=1S/C20H17FO2.C2H6.CH2O/c1-12-3-5-14(6-4-12)9-17-13(2)18(11-20(22)23)19-10-15(21)7-8-16(17)19;2*1-2/h3-10H,11H2,1-2H3,(H,22,23);1-2H3;1H2/b17-9-;;. The van der Waals surface area contributed by atoms with Crippen LogP contribution in [0, 0.1) is 12.7 Å². The van der Waals surface area contributed by atoms with Crippen LogP contribution in [0.1, 0.15) is 49.4 Å². The van der Waals surface area contributed by atoms with Crippen molar-refractivity contribution < 1.29 is 19.1 Å². The number of hydrogen-bond donors (Lipinski definition) is 1. The Kier molecular flexibility index (Phi) is 8.34. The van der Waals surface area contributed by atoms with E-state index in [2.05, 4.69) is 0 Å². The molecule has 2 aromatic rings. The zero-order valence-electron chi connectivity index (χ0n) is 16.2. The predicted molar refractivity (Wildman–Crippen MR) is 109 cm³/mol. The van der Waals surface area contributed by atoms with Gasteiger partial charge in [0, 0.05) is 0 Å². The summed E-state index contributed by atoms with van der Waals surface area (Å²) in [6.45, 7) is 9.93. The van der Waals surface area contributed by atoms with E-state index in [1.54, 1.807) is 6.07 Å². The molecule has 1 aliphatic rings. The largest absolute Gasteiger partial charge is 0.481 e. The number of benzene rings is 2. The molecule has 0 saturated heterocycles. The number of rotatable bonds is 3. The molecule has 0 aromatic heterocycles. The van der Waals surface area contributed by atoms with E-state index in [1.807, 2.05) is 64.8 Å². The van der Waals surface area contributed by atoms with Gasteiger partial charge in [-0.15, -0.1) is 0 Å². The first-order valence-electron chi connectivity index (χ1n) is 8.75. The van der Waals surface area contributed by atoms with Crippen LogP contribution in [0.2, 0.25) is 0 Å². The summed E-state index contributed by atoms with van der Waals surface area (Å²) in [5, 5.41) is 9.15. The Morgan fingerprint density at radius 2 is 1.63 bits per heavy atom. The van der Waals surface area contributed by atoms with Crippen molar-refractivity contribution in [2.75, 3.05) is 0 Å². The highest BCUT2D eigenvalue weighted by atomic mass is 19.1. The van der Waals surface area contributed by atoms with Gasteiger partial charge in [-0.2, -0.15) is 0 Å². The lowest BCUT2D eigenvalue weighted by molar-refractivity contribution is -0.135. The van der Waals surface area contributed by atoms with Crippen LogP contribution in [0.15, 0.2) is 48.0 Å². The molecule has 0 fully saturated rings. The third-order valence-corrected chi connectivity index (χ3v) is 4.17. The Labute approximate surface area is 159 Å².